The van der Waals surface area contributed by atoms with Gasteiger partial charge in [-0.05, 0) is 76.5 Å². The van der Waals surface area contributed by atoms with Gasteiger partial charge in [0.05, 0.1) is 23.3 Å². The van der Waals surface area contributed by atoms with Crippen molar-refractivity contribution in [1.82, 2.24) is 29.5 Å². The Labute approximate surface area is 216 Å². The van der Waals surface area contributed by atoms with Crippen molar-refractivity contribution in [3.05, 3.63) is 68.0 Å². The van der Waals surface area contributed by atoms with Gasteiger partial charge in [0.2, 0.25) is 0 Å². The van der Waals surface area contributed by atoms with Gasteiger partial charge in [0.15, 0.2) is 0 Å². The summed E-state index contributed by atoms with van der Waals surface area (Å²) in [5, 5.41) is 14.0. The van der Waals surface area contributed by atoms with Crippen molar-refractivity contribution in [2.75, 3.05) is 32.7 Å². The number of aromatic nitrogens is 4. The molecule has 0 saturated carbocycles. The summed E-state index contributed by atoms with van der Waals surface area (Å²) in [6, 6.07) is 3.60. The molecule has 0 unspecified atom stereocenters. The summed E-state index contributed by atoms with van der Waals surface area (Å²) in [5.41, 5.74) is 2.45. The van der Waals surface area contributed by atoms with Crippen LogP contribution in [-0.2, 0) is 13.1 Å². The molecule has 0 amide bonds. The first-order valence-corrected chi connectivity index (χ1v) is 13.3. The van der Waals surface area contributed by atoms with Crippen molar-refractivity contribution in [3.63, 3.8) is 0 Å². The monoisotopic (exact) mass is 504 g/mol. The van der Waals surface area contributed by atoms with E-state index in [2.05, 4.69) is 31.4 Å². The minimum Gasteiger partial charge on any atom is -0.506 e. The largest absolute Gasteiger partial charge is 0.506 e. The summed E-state index contributed by atoms with van der Waals surface area (Å²) in [7, 11) is 0. The molecule has 37 heavy (non-hydrogen) atoms. The van der Waals surface area contributed by atoms with Crippen LogP contribution in [0.5, 0.6) is 5.75 Å². The number of H-pyrrole nitrogens is 2. The summed E-state index contributed by atoms with van der Waals surface area (Å²) in [5.74, 6) is 0.0140. The molecule has 4 heterocycles. The van der Waals surface area contributed by atoms with Gasteiger partial charge in [-0.3, -0.25) is 24.3 Å². The fourth-order valence-corrected chi connectivity index (χ4v) is 5.48. The van der Waals surface area contributed by atoms with Gasteiger partial charge in [-0.2, -0.15) is 0 Å². The fourth-order valence-electron chi connectivity index (χ4n) is 5.48. The lowest BCUT2D eigenvalue weighted by molar-refractivity contribution is 0.221. The predicted molar refractivity (Wildman–Crippen MR) is 147 cm³/mol. The van der Waals surface area contributed by atoms with Gasteiger partial charge < -0.3 is 15.0 Å². The summed E-state index contributed by atoms with van der Waals surface area (Å²) in [4.78, 5) is 38.4. The SMILES string of the molecule is C=C(c1[nH]n(CCN2CCCC2)c(=O)c1/C=C\C)c1nc2c(O)cc(CN3CCCCC3)cc2[nH]c1=O. The second-order valence-corrected chi connectivity index (χ2v) is 10.1. The van der Waals surface area contributed by atoms with Crippen molar-refractivity contribution in [1.29, 1.82) is 0 Å². The van der Waals surface area contributed by atoms with Gasteiger partial charge in [-0.1, -0.05) is 25.2 Å². The van der Waals surface area contributed by atoms with Crippen molar-refractivity contribution in [2.24, 2.45) is 0 Å². The van der Waals surface area contributed by atoms with Crippen LogP contribution in [0.2, 0.25) is 0 Å². The van der Waals surface area contributed by atoms with Crippen molar-refractivity contribution in [3.8, 4) is 5.75 Å². The molecule has 9 heteroatoms. The normalized spacial score (nSPS) is 17.3. The van der Waals surface area contributed by atoms with E-state index in [-0.39, 0.29) is 17.0 Å². The maximum atomic E-state index is 13.1. The second kappa shape index (κ2) is 10.9. The van der Waals surface area contributed by atoms with Crippen molar-refractivity contribution in [2.45, 2.75) is 52.1 Å². The zero-order valence-electron chi connectivity index (χ0n) is 21.6. The van der Waals surface area contributed by atoms with E-state index in [1.807, 2.05) is 13.0 Å². The summed E-state index contributed by atoms with van der Waals surface area (Å²) < 4.78 is 1.58. The molecule has 3 aromatic rings. The third kappa shape index (κ3) is 5.33. The van der Waals surface area contributed by atoms with Gasteiger partial charge in [-0.15, -0.1) is 0 Å². The Hall–Kier alpha value is -3.43. The van der Waals surface area contributed by atoms with Crippen LogP contribution in [0.1, 0.15) is 61.5 Å². The number of likely N-dealkylation sites (tertiary alicyclic amines) is 2. The standard InChI is InChI=1S/C28H36N6O3/c1-3-9-21-24(31-34(28(21)37)15-14-32-10-7-8-11-32)19(2)25-27(36)29-22-16-20(17-23(35)26(22)30-25)18-33-12-5-4-6-13-33/h3,9,16-17,31,35H,2,4-8,10-15,18H2,1H3,(H,29,36)/b9-3-. The summed E-state index contributed by atoms with van der Waals surface area (Å²) >= 11 is 0. The number of piperidine rings is 1. The van der Waals surface area contributed by atoms with E-state index in [0.29, 0.717) is 34.4 Å². The Morgan fingerprint density at radius 3 is 2.49 bits per heavy atom. The highest BCUT2D eigenvalue weighted by molar-refractivity contribution is 5.85. The molecule has 2 aromatic heterocycles. The lowest BCUT2D eigenvalue weighted by Crippen LogP contribution is -2.29. The van der Waals surface area contributed by atoms with Crippen LogP contribution in [0, 0.1) is 0 Å². The topological polar surface area (TPSA) is 110 Å². The number of aromatic amines is 2. The van der Waals surface area contributed by atoms with E-state index in [0.717, 1.165) is 44.8 Å². The molecule has 196 valence electrons. The highest BCUT2D eigenvalue weighted by atomic mass is 16.3. The number of hydrogen-bond acceptors (Lipinski definition) is 6. The molecule has 2 saturated heterocycles. The number of fused-ring (bicyclic) bond motifs is 1. The Morgan fingerprint density at radius 1 is 1.05 bits per heavy atom. The second-order valence-electron chi connectivity index (χ2n) is 10.1. The van der Waals surface area contributed by atoms with Crippen LogP contribution in [0.3, 0.4) is 0 Å². The molecule has 2 aliphatic rings. The molecule has 0 spiro atoms. The van der Waals surface area contributed by atoms with E-state index in [4.69, 9.17) is 0 Å². The van der Waals surface area contributed by atoms with Gasteiger partial charge in [-0.25, -0.2) is 4.98 Å². The molecule has 0 radical (unpaired) electrons. The van der Waals surface area contributed by atoms with Crippen LogP contribution in [0.4, 0.5) is 0 Å². The quantitative estimate of drug-likeness (QED) is 0.434. The van der Waals surface area contributed by atoms with Crippen LogP contribution >= 0.6 is 0 Å². The molecule has 9 nitrogen and oxygen atoms in total. The number of aromatic hydroxyl groups is 1. The van der Waals surface area contributed by atoms with Gasteiger partial charge in [0.25, 0.3) is 11.1 Å². The molecule has 0 atom stereocenters. The molecule has 2 aliphatic heterocycles. The van der Waals surface area contributed by atoms with Crippen LogP contribution < -0.4 is 11.1 Å². The average molecular weight is 505 g/mol. The third-order valence-electron chi connectivity index (χ3n) is 7.44. The van der Waals surface area contributed by atoms with Gasteiger partial charge in [0.1, 0.15) is 17.0 Å². The zero-order chi connectivity index (χ0) is 25.9. The van der Waals surface area contributed by atoms with Crippen LogP contribution in [0.25, 0.3) is 22.7 Å². The first-order valence-electron chi connectivity index (χ1n) is 13.3. The van der Waals surface area contributed by atoms with E-state index < -0.39 is 5.56 Å². The Balaban J connectivity index is 1.46. The Bertz CT molecular complexity index is 1430. The maximum absolute atomic E-state index is 13.1. The highest BCUT2D eigenvalue weighted by Crippen LogP contribution is 2.27. The molecule has 1 aromatic carbocycles. The molecular formula is C28H36N6O3. The van der Waals surface area contributed by atoms with E-state index in [1.165, 1.54) is 32.1 Å². The first-order chi connectivity index (χ1) is 17.9. The summed E-state index contributed by atoms with van der Waals surface area (Å²) in [6.07, 6.45) is 9.52. The van der Waals surface area contributed by atoms with E-state index >= 15 is 0 Å². The molecule has 0 bridgehead atoms. The minimum atomic E-state index is -0.413. The number of rotatable bonds is 8. The fraction of sp³-hybridized carbons (Fsp3) is 0.464. The number of nitrogens with zero attached hydrogens (tertiary/aromatic N) is 4. The zero-order valence-corrected chi connectivity index (χ0v) is 21.6. The molecule has 2 fully saturated rings. The third-order valence-corrected chi connectivity index (χ3v) is 7.44. The Morgan fingerprint density at radius 2 is 1.76 bits per heavy atom. The first kappa shape index (κ1) is 25.2. The average Bonchev–Trinajstić information content (AvgIpc) is 3.51. The van der Waals surface area contributed by atoms with Crippen molar-refractivity contribution < 1.29 is 5.11 Å². The highest BCUT2D eigenvalue weighted by Gasteiger charge is 2.21. The Kier molecular flexibility index (Phi) is 7.43. The molecular weight excluding hydrogens is 468 g/mol. The van der Waals surface area contributed by atoms with Crippen LogP contribution in [0.15, 0.2) is 34.4 Å². The molecule has 5 rings (SSSR count). The number of nitrogens with one attached hydrogen (secondary N) is 2. The minimum absolute atomic E-state index is 0.0140. The number of allylic oxidation sites excluding steroid dienone is 1. The van der Waals surface area contributed by atoms with E-state index in [9.17, 15) is 14.7 Å². The number of benzene rings is 1. The molecule has 3 N–H and O–H groups in total. The molecule has 0 aliphatic carbocycles. The van der Waals surface area contributed by atoms with E-state index in [1.54, 1.807) is 22.9 Å². The van der Waals surface area contributed by atoms with Crippen LogP contribution in [-0.4, -0.2) is 67.4 Å². The smallest absolute Gasteiger partial charge is 0.275 e. The summed E-state index contributed by atoms with van der Waals surface area (Å²) in [6.45, 7) is 12.2. The lowest BCUT2D eigenvalue weighted by Gasteiger charge is -2.26. The number of phenolic OH excluding ortho intramolecular Hbond substituents is 1. The van der Waals surface area contributed by atoms with Gasteiger partial charge in [0, 0.05) is 18.7 Å². The number of phenols is 1. The number of hydrogen-bond donors (Lipinski definition) is 3. The lowest BCUT2D eigenvalue weighted by atomic mass is 10.1. The maximum Gasteiger partial charge on any atom is 0.275 e. The van der Waals surface area contributed by atoms with Crippen molar-refractivity contribution >= 4 is 22.7 Å². The predicted octanol–water partition coefficient (Wildman–Crippen LogP) is 3.29. The van der Waals surface area contributed by atoms with Gasteiger partial charge >= 0.3 is 0 Å².